The fourth-order valence-corrected chi connectivity index (χ4v) is 3.38. The maximum atomic E-state index is 6.66. The summed E-state index contributed by atoms with van der Waals surface area (Å²) in [6.07, 6.45) is 0.454. The summed E-state index contributed by atoms with van der Waals surface area (Å²) in [7, 11) is 0. The maximum Gasteiger partial charge on any atom is 0.143 e. The first kappa shape index (κ1) is 16.1. The number of rotatable bonds is 6. The Labute approximate surface area is 149 Å². The summed E-state index contributed by atoms with van der Waals surface area (Å²) < 4.78 is 12.3. The van der Waals surface area contributed by atoms with Crippen LogP contribution in [0.4, 0.5) is 0 Å². The van der Waals surface area contributed by atoms with E-state index in [9.17, 15) is 0 Å². The van der Waals surface area contributed by atoms with E-state index in [-0.39, 0.29) is 12.2 Å². The molecule has 0 aliphatic carbocycles. The molecule has 1 aliphatic heterocycles. The van der Waals surface area contributed by atoms with Crippen LogP contribution < -0.4 is 0 Å². The van der Waals surface area contributed by atoms with Crippen LogP contribution in [0.3, 0.4) is 0 Å². The molecule has 4 rings (SSSR count). The van der Waals surface area contributed by atoms with Gasteiger partial charge >= 0.3 is 0 Å². The lowest BCUT2D eigenvalue weighted by Gasteiger charge is -2.35. The third-order valence-electron chi connectivity index (χ3n) is 4.84. The van der Waals surface area contributed by atoms with Crippen molar-refractivity contribution in [2.45, 2.75) is 24.7 Å². The number of ether oxygens (including phenoxy) is 2. The molecule has 2 heteroatoms. The van der Waals surface area contributed by atoms with Crippen LogP contribution in [0.25, 0.3) is 0 Å². The molecule has 3 aromatic rings. The van der Waals surface area contributed by atoms with E-state index >= 15 is 0 Å². The summed E-state index contributed by atoms with van der Waals surface area (Å²) in [5.41, 5.74) is 2.73. The minimum absolute atomic E-state index is 0.176. The Morgan fingerprint density at radius 1 is 0.720 bits per heavy atom. The highest BCUT2D eigenvalue weighted by Crippen LogP contribution is 2.41. The van der Waals surface area contributed by atoms with Crippen LogP contribution >= 0.6 is 0 Å². The Morgan fingerprint density at radius 3 is 1.40 bits per heavy atom. The monoisotopic (exact) mass is 330 g/mol. The number of epoxide rings is 1. The Morgan fingerprint density at radius 2 is 1.08 bits per heavy atom. The first-order valence-electron chi connectivity index (χ1n) is 8.77. The molecule has 0 saturated carbocycles. The van der Waals surface area contributed by atoms with Gasteiger partial charge in [-0.05, 0) is 23.6 Å². The average molecular weight is 330 g/mol. The Hall–Kier alpha value is -2.42. The Balaban J connectivity index is 1.87. The standard InChI is InChI=1S/C23H22O2/c1-18-22(25-18)17-24-23(19-11-5-2-6-12-19,20-13-7-3-8-14-20)21-15-9-4-10-16-21/h2-16,18,22H,17H2,1H3/t18-,22-/m1/s1. The lowest BCUT2D eigenvalue weighted by atomic mass is 9.80. The van der Waals surface area contributed by atoms with Gasteiger partial charge in [-0.25, -0.2) is 0 Å². The van der Waals surface area contributed by atoms with Crippen LogP contribution in [0.1, 0.15) is 23.6 Å². The third-order valence-corrected chi connectivity index (χ3v) is 4.84. The molecule has 2 nitrogen and oxygen atoms in total. The van der Waals surface area contributed by atoms with Gasteiger partial charge in [0.25, 0.3) is 0 Å². The van der Waals surface area contributed by atoms with E-state index in [4.69, 9.17) is 9.47 Å². The predicted octanol–water partition coefficient (Wildman–Crippen LogP) is 4.78. The van der Waals surface area contributed by atoms with Gasteiger partial charge in [-0.1, -0.05) is 91.0 Å². The van der Waals surface area contributed by atoms with Crippen LogP contribution in [0, 0.1) is 0 Å². The smallest absolute Gasteiger partial charge is 0.143 e. The van der Waals surface area contributed by atoms with Gasteiger partial charge in [0.15, 0.2) is 0 Å². The molecule has 0 radical (unpaired) electrons. The average Bonchev–Trinajstić information content (AvgIpc) is 3.40. The fraction of sp³-hybridized carbons (Fsp3) is 0.217. The summed E-state index contributed by atoms with van der Waals surface area (Å²) in [5.74, 6) is 0. The van der Waals surface area contributed by atoms with E-state index in [2.05, 4.69) is 79.7 Å². The molecular formula is C23H22O2. The SMILES string of the molecule is C[C@H]1O[C@@H]1COC(c1ccccc1)(c1ccccc1)c1ccccc1. The Bertz CT molecular complexity index is 703. The number of benzene rings is 3. The highest BCUT2D eigenvalue weighted by molar-refractivity contribution is 5.47. The van der Waals surface area contributed by atoms with Gasteiger partial charge in [0, 0.05) is 0 Å². The van der Waals surface area contributed by atoms with Crippen molar-refractivity contribution < 1.29 is 9.47 Å². The van der Waals surface area contributed by atoms with Gasteiger partial charge in [-0.3, -0.25) is 0 Å². The highest BCUT2D eigenvalue weighted by Gasteiger charge is 2.42. The first-order valence-corrected chi connectivity index (χ1v) is 8.77. The molecule has 1 heterocycles. The van der Waals surface area contributed by atoms with E-state index in [0.29, 0.717) is 6.61 Å². The second-order valence-corrected chi connectivity index (χ2v) is 6.47. The summed E-state index contributed by atoms with van der Waals surface area (Å²) in [6, 6.07) is 31.3. The zero-order valence-corrected chi connectivity index (χ0v) is 14.3. The van der Waals surface area contributed by atoms with Crippen LogP contribution in [-0.4, -0.2) is 18.8 Å². The molecule has 3 aromatic carbocycles. The molecule has 0 amide bonds. The lowest BCUT2D eigenvalue weighted by molar-refractivity contribution is 0.00428. The summed E-state index contributed by atoms with van der Waals surface area (Å²) in [6.45, 7) is 2.66. The molecular weight excluding hydrogens is 308 g/mol. The molecule has 1 saturated heterocycles. The normalized spacial score (nSPS) is 19.6. The molecule has 0 bridgehead atoms. The van der Waals surface area contributed by atoms with Gasteiger partial charge in [-0.15, -0.1) is 0 Å². The van der Waals surface area contributed by atoms with Crippen LogP contribution in [0.2, 0.25) is 0 Å². The molecule has 1 fully saturated rings. The molecule has 1 aliphatic rings. The highest BCUT2D eigenvalue weighted by atomic mass is 16.6. The number of hydrogen-bond donors (Lipinski definition) is 0. The van der Waals surface area contributed by atoms with Crippen molar-refractivity contribution in [3.05, 3.63) is 108 Å². The van der Waals surface area contributed by atoms with Gasteiger partial charge < -0.3 is 9.47 Å². The maximum absolute atomic E-state index is 6.66. The van der Waals surface area contributed by atoms with Gasteiger partial charge in [0.2, 0.25) is 0 Å². The van der Waals surface area contributed by atoms with Gasteiger partial charge in [-0.2, -0.15) is 0 Å². The van der Waals surface area contributed by atoms with Gasteiger partial charge in [0.05, 0.1) is 12.7 Å². The van der Waals surface area contributed by atoms with E-state index in [1.807, 2.05) is 18.2 Å². The van der Waals surface area contributed by atoms with E-state index < -0.39 is 5.60 Å². The van der Waals surface area contributed by atoms with Crippen molar-refractivity contribution >= 4 is 0 Å². The molecule has 25 heavy (non-hydrogen) atoms. The molecule has 126 valence electrons. The minimum Gasteiger partial charge on any atom is -0.367 e. The molecule has 0 N–H and O–H groups in total. The van der Waals surface area contributed by atoms with E-state index in [1.165, 1.54) is 0 Å². The molecule has 0 aromatic heterocycles. The third kappa shape index (κ3) is 3.11. The first-order chi connectivity index (χ1) is 12.3. The molecule has 0 spiro atoms. The van der Waals surface area contributed by atoms with Crippen molar-refractivity contribution in [2.24, 2.45) is 0 Å². The molecule has 2 atom stereocenters. The van der Waals surface area contributed by atoms with E-state index in [1.54, 1.807) is 0 Å². The summed E-state index contributed by atoms with van der Waals surface area (Å²) in [4.78, 5) is 0. The summed E-state index contributed by atoms with van der Waals surface area (Å²) >= 11 is 0. The minimum atomic E-state index is -0.643. The number of hydrogen-bond acceptors (Lipinski definition) is 2. The Kier molecular flexibility index (Phi) is 4.39. The van der Waals surface area contributed by atoms with Gasteiger partial charge in [0.1, 0.15) is 11.7 Å². The largest absolute Gasteiger partial charge is 0.367 e. The second kappa shape index (κ2) is 6.83. The van der Waals surface area contributed by atoms with Crippen molar-refractivity contribution in [1.82, 2.24) is 0 Å². The van der Waals surface area contributed by atoms with Crippen LogP contribution in [-0.2, 0) is 15.1 Å². The quantitative estimate of drug-likeness (QED) is 0.479. The fourth-order valence-electron chi connectivity index (χ4n) is 3.38. The second-order valence-electron chi connectivity index (χ2n) is 6.47. The zero-order chi connectivity index (χ0) is 17.1. The topological polar surface area (TPSA) is 21.8 Å². The van der Waals surface area contributed by atoms with Crippen LogP contribution in [0.5, 0.6) is 0 Å². The van der Waals surface area contributed by atoms with Crippen molar-refractivity contribution in [2.75, 3.05) is 6.61 Å². The predicted molar refractivity (Wildman–Crippen MR) is 99.5 cm³/mol. The van der Waals surface area contributed by atoms with Crippen molar-refractivity contribution in [3.63, 3.8) is 0 Å². The van der Waals surface area contributed by atoms with E-state index in [0.717, 1.165) is 16.7 Å². The molecule has 0 unspecified atom stereocenters. The summed E-state index contributed by atoms with van der Waals surface area (Å²) in [5, 5.41) is 0. The van der Waals surface area contributed by atoms with Crippen molar-refractivity contribution in [3.8, 4) is 0 Å². The zero-order valence-electron chi connectivity index (χ0n) is 14.3. The van der Waals surface area contributed by atoms with Crippen molar-refractivity contribution in [1.29, 1.82) is 0 Å². The lowest BCUT2D eigenvalue weighted by Crippen LogP contribution is -2.34. The van der Waals surface area contributed by atoms with Crippen LogP contribution in [0.15, 0.2) is 91.0 Å².